The summed E-state index contributed by atoms with van der Waals surface area (Å²) in [5.41, 5.74) is 10.4. The van der Waals surface area contributed by atoms with E-state index in [0.29, 0.717) is 12.7 Å². The lowest BCUT2D eigenvalue weighted by Gasteiger charge is -2.18. The molecule has 3 unspecified atom stereocenters. The molecule has 0 aromatic carbocycles. The molecule has 0 fully saturated rings. The molecule has 0 aliphatic heterocycles. The monoisotopic (exact) mass is 188 g/mol. The van der Waals surface area contributed by atoms with Gasteiger partial charge in [0, 0.05) is 6.04 Å². The molecule has 0 aromatic heterocycles. The van der Waals surface area contributed by atoms with Gasteiger partial charge in [-0.3, -0.25) is 4.79 Å². The zero-order valence-electron chi connectivity index (χ0n) is 7.90. The molecule has 76 valence electrons. The maximum atomic E-state index is 10.4. The Morgan fingerprint density at radius 2 is 2.08 bits per heavy atom. The molecule has 5 nitrogen and oxygen atoms in total. The summed E-state index contributed by atoms with van der Waals surface area (Å²) in [6, 6.07) is -0.0427. The first-order chi connectivity index (χ1) is 5.97. The Labute approximate surface area is 77.4 Å². The molecule has 1 amide bonds. The van der Waals surface area contributed by atoms with E-state index in [1.54, 1.807) is 0 Å². The number of primary amides is 1. The molecule has 0 saturated carbocycles. The van der Waals surface area contributed by atoms with Crippen LogP contribution in [0.4, 0.5) is 4.79 Å². The van der Waals surface area contributed by atoms with Gasteiger partial charge in [-0.15, -0.1) is 0 Å². The van der Waals surface area contributed by atoms with Gasteiger partial charge in [0.05, 0.1) is 0 Å². The van der Waals surface area contributed by atoms with Crippen molar-refractivity contribution in [2.75, 3.05) is 0 Å². The van der Waals surface area contributed by atoms with E-state index in [2.05, 4.69) is 4.74 Å². The van der Waals surface area contributed by atoms with Crippen LogP contribution in [0.2, 0.25) is 0 Å². The summed E-state index contributed by atoms with van der Waals surface area (Å²) in [5, 5.41) is 0. The van der Waals surface area contributed by atoms with Gasteiger partial charge in [0.1, 0.15) is 0 Å². The lowest BCUT2D eigenvalue weighted by atomic mass is 9.98. The molecule has 0 saturated heterocycles. The number of hydrogen-bond acceptors (Lipinski definition) is 4. The Balaban J connectivity index is 3.97. The Morgan fingerprint density at radius 1 is 1.54 bits per heavy atom. The summed E-state index contributed by atoms with van der Waals surface area (Å²) >= 11 is 0. The summed E-state index contributed by atoms with van der Waals surface area (Å²) in [5.74, 6) is 0.106. The second-order valence-electron chi connectivity index (χ2n) is 3.18. The van der Waals surface area contributed by atoms with Crippen LogP contribution in [0.25, 0.3) is 0 Å². The lowest BCUT2D eigenvalue weighted by Crippen LogP contribution is -2.31. The Bertz CT molecular complexity index is 182. The fourth-order valence-corrected chi connectivity index (χ4v) is 0.862. The standard InChI is InChI=1S/C8H16N2O3/c1-5(6(2)9)3-7(4-11)13-8(10)12/h4-7H,3,9H2,1-2H3,(H2,10,12). The molecule has 3 atom stereocenters. The zero-order chi connectivity index (χ0) is 10.4. The van der Waals surface area contributed by atoms with Gasteiger partial charge in [-0.1, -0.05) is 6.92 Å². The highest BCUT2D eigenvalue weighted by atomic mass is 16.6. The smallest absolute Gasteiger partial charge is 0.405 e. The Morgan fingerprint density at radius 3 is 2.38 bits per heavy atom. The van der Waals surface area contributed by atoms with E-state index in [1.165, 1.54) is 0 Å². The average Bonchev–Trinajstić information content (AvgIpc) is 2.02. The van der Waals surface area contributed by atoms with Gasteiger partial charge in [0.15, 0.2) is 12.4 Å². The highest BCUT2D eigenvalue weighted by molar-refractivity contribution is 5.68. The second-order valence-corrected chi connectivity index (χ2v) is 3.18. The molecule has 0 spiro atoms. The number of carbonyl (C=O) groups is 2. The van der Waals surface area contributed by atoms with Crippen LogP contribution in [0, 0.1) is 5.92 Å². The van der Waals surface area contributed by atoms with Gasteiger partial charge in [-0.05, 0) is 19.3 Å². The molecule has 0 radical (unpaired) electrons. The van der Waals surface area contributed by atoms with Crippen LogP contribution in [-0.4, -0.2) is 24.5 Å². The van der Waals surface area contributed by atoms with Gasteiger partial charge in [-0.2, -0.15) is 0 Å². The molecule has 0 aliphatic rings. The van der Waals surface area contributed by atoms with Crippen molar-refractivity contribution in [2.45, 2.75) is 32.4 Å². The van der Waals surface area contributed by atoms with Crippen molar-refractivity contribution in [3.05, 3.63) is 0 Å². The normalized spacial score (nSPS) is 17.2. The van der Waals surface area contributed by atoms with Crippen LogP contribution in [0.5, 0.6) is 0 Å². The molecule has 5 heteroatoms. The highest BCUT2D eigenvalue weighted by Crippen LogP contribution is 2.10. The van der Waals surface area contributed by atoms with E-state index in [9.17, 15) is 9.59 Å². The lowest BCUT2D eigenvalue weighted by molar-refractivity contribution is -0.115. The number of nitrogens with two attached hydrogens (primary N) is 2. The Kier molecular flexibility index (Phi) is 5.06. The number of aldehydes is 1. The first-order valence-corrected chi connectivity index (χ1v) is 4.14. The summed E-state index contributed by atoms with van der Waals surface area (Å²) in [6.07, 6.45) is -0.749. The SMILES string of the molecule is CC(N)C(C)CC(C=O)OC(N)=O. The molecular weight excluding hydrogens is 172 g/mol. The molecule has 0 aromatic rings. The third kappa shape index (κ3) is 5.19. The van der Waals surface area contributed by atoms with E-state index in [-0.39, 0.29) is 12.0 Å². The van der Waals surface area contributed by atoms with Crippen molar-refractivity contribution in [1.29, 1.82) is 0 Å². The largest absolute Gasteiger partial charge is 0.439 e. The summed E-state index contributed by atoms with van der Waals surface area (Å²) < 4.78 is 4.54. The van der Waals surface area contributed by atoms with Crippen LogP contribution in [0.3, 0.4) is 0 Å². The van der Waals surface area contributed by atoms with Crippen LogP contribution >= 0.6 is 0 Å². The minimum Gasteiger partial charge on any atom is -0.439 e. The van der Waals surface area contributed by atoms with Crippen molar-refractivity contribution < 1.29 is 14.3 Å². The first kappa shape index (κ1) is 11.9. The molecule has 0 aliphatic carbocycles. The maximum Gasteiger partial charge on any atom is 0.405 e. The van der Waals surface area contributed by atoms with Crippen LogP contribution in [-0.2, 0) is 9.53 Å². The number of amides is 1. The molecule has 4 N–H and O–H groups in total. The highest BCUT2D eigenvalue weighted by Gasteiger charge is 2.17. The number of carbonyl (C=O) groups excluding carboxylic acids is 2. The van der Waals surface area contributed by atoms with Gasteiger partial charge < -0.3 is 16.2 Å². The van der Waals surface area contributed by atoms with Gasteiger partial charge >= 0.3 is 6.09 Å². The number of rotatable bonds is 5. The van der Waals surface area contributed by atoms with Crippen molar-refractivity contribution in [3.8, 4) is 0 Å². The van der Waals surface area contributed by atoms with E-state index in [0.717, 1.165) is 0 Å². The van der Waals surface area contributed by atoms with Crippen LogP contribution < -0.4 is 11.5 Å². The van der Waals surface area contributed by atoms with Gasteiger partial charge in [0.25, 0.3) is 0 Å². The number of ether oxygens (including phenoxy) is 1. The van der Waals surface area contributed by atoms with Crippen molar-refractivity contribution in [3.63, 3.8) is 0 Å². The predicted octanol–water partition coefficient (Wildman–Crippen LogP) is 0.0226. The summed E-state index contributed by atoms with van der Waals surface area (Å²) in [4.78, 5) is 20.8. The second kappa shape index (κ2) is 5.53. The van der Waals surface area contributed by atoms with E-state index in [4.69, 9.17) is 11.5 Å². The van der Waals surface area contributed by atoms with E-state index >= 15 is 0 Å². The van der Waals surface area contributed by atoms with E-state index < -0.39 is 12.2 Å². The minimum atomic E-state index is -0.936. The fraction of sp³-hybridized carbons (Fsp3) is 0.750. The van der Waals surface area contributed by atoms with Crippen molar-refractivity contribution in [1.82, 2.24) is 0 Å². The van der Waals surface area contributed by atoms with Crippen molar-refractivity contribution >= 4 is 12.4 Å². The molecule has 13 heavy (non-hydrogen) atoms. The van der Waals surface area contributed by atoms with Gasteiger partial charge in [0.2, 0.25) is 0 Å². The Hall–Kier alpha value is -1.10. The maximum absolute atomic E-state index is 10.4. The minimum absolute atomic E-state index is 0.0427. The number of hydrogen-bond donors (Lipinski definition) is 2. The van der Waals surface area contributed by atoms with Gasteiger partial charge in [-0.25, -0.2) is 4.79 Å². The first-order valence-electron chi connectivity index (χ1n) is 4.14. The molecule has 0 heterocycles. The molecule has 0 rings (SSSR count). The fourth-order valence-electron chi connectivity index (χ4n) is 0.862. The van der Waals surface area contributed by atoms with Crippen molar-refractivity contribution in [2.24, 2.45) is 17.4 Å². The van der Waals surface area contributed by atoms with Crippen LogP contribution in [0.15, 0.2) is 0 Å². The van der Waals surface area contributed by atoms with E-state index in [1.807, 2.05) is 13.8 Å². The third-order valence-electron chi connectivity index (χ3n) is 1.92. The summed E-state index contributed by atoms with van der Waals surface area (Å²) in [6.45, 7) is 3.71. The predicted molar refractivity (Wildman–Crippen MR) is 48.0 cm³/mol. The van der Waals surface area contributed by atoms with Crippen LogP contribution in [0.1, 0.15) is 20.3 Å². The topological polar surface area (TPSA) is 95.4 Å². The quantitative estimate of drug-likeness (QED) is 0.594. The zero-order valence-corrected chi connectivity index (χ0v) is 7.90. The third-order valence-corrected chi connectivity index (χ3v) is 1.92. The molecular formula is C8H16N2O3. The summed E-state index contributed by atoms with van der Waals surface area (Å²) in [7, 11) is 0. The molecule has 0 bridgehead atoms. The average molecular weight is 188 g/mol.